The van der Waals surface area contributed by atoms with Gasteiger partial charge >= 0.3 is 5.97 Å². The fraction of sp³-hybridized carbons (Fsp3) is 0.231. The largest absolute Gasteiger partial charge is 0.477 e. The zero-order chi connectivity index (χ0) is 14.7. The van der Waals surface area contributed by atoms with Gasteiger partial charge in [0, 0.05) is 31.4 Å². The van der Waals surface area contributed by atoms with Gasteiger partial charge in [0.15, 0.2) is 0 Å². The topological polar surface area (TPSA) is 98.3 Å². The van der Waals surface area contributed by atoms with Crippen LogP contribution in [0.15, 0.2) is 30.6 Å². The minimum Gasteiger partial charge on any atom is -0.477 e. The number of nitro benzene ring substituents is 1. The quantitative estimate of drug-likeness (QED) is 0.665. The molecule has 2 rings (SSSR count). The third-order valence-electron chi connectivity index (χ3n) is 3.00. The second-order valence-corrected chi connectivity index (χ2v) is 4.20. The van der Waals surface area contributed by atoms with Crippen LogP contribution in [0.1, 0.15) is 28.7 Å². The molecule has 20 heavy (non-hydrogen) atoms. The van der Waals surface area contributed by atoms with Gasteiger partial charge in [-0.05, 0) is 5.56 Å². The van der Waals surface area contributed by atoms with Gasteiger partial charge in [0.05, 0.1) is 4.92 Å². The Balaban J connectivity index is 2.49. The van der Waals surface area contributed by atoms with Crippen molar-refractivity contribution in [3.8, 4) is 0 Å². The summed E-state index contributed by atoms with van der Waals surface area (Å²) in [5.41, 5.74) is -0.277. The standard InChI is InChI=1S/C13H13N3O4/c1-2-11-14-6-7-15(11)8-9-4-3-5-10(16(19)20)12(9)13(17)18/h3-7H,2,8H2,1H3,(H,17,18). The van der Waals surface area contributed by atoms with E-state index in [1.165, 1.54) is 12.1 Å². The first-order chi connectivity index (χ1) is 9.54. The van der Waals surface area contributed by atoms with Crippen LogP contribution >= 0.6 is 0 Å². The molecular formula is C13H13N3O4. The minimum absolute atomic E-state index is 0.243. The number of hydrogen-bond donors (Lipinski definition) is 1. The van der Waals surface area contributed by atoms with Gasteiger partial charge in [-0.3, -0.25) is 10.1 Å². The van der Waals surface area contributed by atoms with Crippen LogP contribution in [-0.2, 0) is 13.0 Å². The second kappa shape index (κ2) is 5.52. The molecule has 2 aromatic rings. The molecule has 1 aromatic carbocycles. The molecule has 0 unspecified atom stereocenters. The Morgan fingerprint density at radius 1 is 1.50 bits per heavy atom. The molecule has 0 saturated carbocycles. The molecule has 0 atom stereocenters. The van der Waals surface area contributed by atoms with E-state index in [0.29, 0.717) is 12.0 Å². The van der Waals surface area contributed by atoms with Gasteiger partial charge in [0.2, 0.25) is 0 Å². The number of carboxylic acids is 1. The third-order valence-corrected chi connectivity index (χ3v) is 3.00. The van der Waals surface area contributed by atoms with Crippen LogP contribution in [0.25, 0.3) is 0 Å². The molecule has 0 aliphatic rings. The van der Waals surface area contributed by atoms with Crippen molar-refractivity contribution in [2.45, 2.75) is 19.9 Å². The molecule has 1 N–H and O–H groups in total. The molecule has 7 nitrogen and oxygen atoms in total. The summed E-state index contributed by atoms with van der Waals surface area (Å²) in [6, 6.07) is 4.26. The zero-order valence-electron chi connectivity index (χ0n) is 10.8. The summed E-state index contributed by atoms with van der Waals surface area (Å²) in [4.78, 5) is 25.7. The SMILES string of the molecule is CCc1nccn1Cc1cccc([N+](=O)[O-])c1C(=O)O. The molecular weight excluding hydrogens is 262 g/mol. The Hall–Kier alpha value is -2.70. The average Bonchev–Trinajstić information content (AvgIpc) is 2.85. The molecule has 0 spiro atoms. The van der Waals surface area contributed by atoms with Gasteiger partial charge in [0.25, 0.3) is 5.69 Å². The van der Waals surface area contributed by atoms with E-state index in [1.54, 1.807) is 23.0 Å². The molecule has 0 aliphatic heterocycles. The van der Waals surface area contributed by atoms with E-state index in [-0.39, 0.29) is 12.1 Å². The van der Waals surface area contributed by atoms with E-state index in [4.69, 9.17) is 0 Å². The highest BCUT2D eigenvalue weighted by atomic mass is 16.6. The predicted molar refractivity (Wildman–Crippen MR) is 70.8 cm³/mol. The van der Waals surface area contributed by atoms with E-state index in [9.17, 15) is 20.0 Å². The minimum atomic E-state index is -1.30. The highest BCUT2D eigenvalue weighted by Gasteiger charge is 2.23. The number of aromatic nitrogens is 2. The van der Waals surface area contributed by atoms with Crippen molar-refractivity contribution in [3.63, 3.8) is 0 Å². The molecule has 0 saturated heterocycles. The fourth-order valence-corrected chi connectivity index (χ4v) is 2.10. The van der Waals surface area contributed by atoms with Crippen LogP contribution < -0.4 is 0 Å². The van der Waals surface area contributed by atoms with E-state index in [2.05, 4.69) is 4.98 Å². The first-order valence-corrected chi connectivity index (χ1v) is 6.04. The number of aryl methyl sites for hydroxylation is 1. The highest BCUT2D eigenvalue weighted by Crippen LogP contribution is 2.23. The van der Waals surface area contributed by atoms with Crippen molar-refractivity contribution < 1.29 is 14.8 Å². The van der Waals surface area contributed by atoms with Crippen molar-refractivity contribution in [1.29, 1.82) is 0 Å². The van der Waals surface area contributed by atoms with E-state index in [0.717, 1.165) is 5.82 Å². The van der Waals surface area contributed by atoms with Crippen molar-refractivity contribution >= 4 is 11.7 Å². The summed E-state index contributed by atoms with van der Waals surface area (Å²) in [5.74, 6) is -0.502. The van der Waals surface area contributed by atoms with Crippen molar-refractivity contribution in [3.05, 3.63) is 57.7 Å². The lowest BCUT2D eigenvalue weighted by atomic mass is 10.1. The van der Waals surface area contributed by atoms with Crippen LogP contribution in [-0.4, -0.2) is 25.6 Å². The lowest BCUT2D eigenvalue weighted by Gasteiger charge is -2.09. The Bertz CT molecular complexity index is 663. The van der Waals surface area contributed by atoms with Gasteiger partial charge in [-0.15, -0.1) is 0 Å². The van der Waals surface area contributed by atoms with E-state index in [1.807, 2.05) is 6.92 Å². The zero-order valence-corrected chi connectivity index (χ0v) is 10.8. The summed E-state index contributed by atoms with van der Waals surface area (Å²) < 4.78 is 1.78. The van der Waals surface area contributed by atoms with E-state index < -0.39 is 16.6 Å². The van der Waals surface area contributed by atoms with Gasteiger partial charge in [-0.25, -0.2) is 9.78 Å². The number of aromatic carboxylic acids is 1. The Labute approximate surface area is 114 Å². The Kier molecular flexibility index (Phi) is 3.79. The fourth-order valence-electron chi connectivity index (χ4n) is 2.10. The molecule has 1 aromatic heterocycles. The maximum Gasteiger partial charge on any atom is 0.343 e. The summed E-state index contributed by atoms with van der Waals surface area (Å²) in [6.45, 7) is 2.18. The second-order valence-electron chi connectivity index (χ2n) is 4.20. The maximum atomic E-state index is 11.3. The maximum absolute atomic E-state index is 11.3. The Morgan fingerprint density at radius 3 is 2.85 bits per heavy atom. The number of imidazole rings is 1. The monoisotopic (exact) mass is 275 g/mol. The first kappa shape index (κ1) is 13.7. The van der Waals surface area contributed by atoms with Gasteiger partial charge in [-0.1, -0.05) is 19.1 Å². The average molecular weight is 275 g/mol. The summed E-state index contributed by atoms with van der Waals surface area (Å²) in [6.07, 6.45) is 4.05. The van der Waals surface area contributed by atoms with Crippen LogP contribution in [0.3, 0.4) is 0 Å². The number of rotatable bonds is 5. The van der Waals surface area contributed by atoms with Crippen molar-refractivity contribution in [1.82, 2.24) is 9.55 Å². The number of benzene rings is 1. The summed E-state index contributed by atoms with van der Waals surface area (Å²) >= 11 is 0. The van der Waals surface area contributed by atoms with Gasteiger partial charge < -0.3 is 9.67 Å². The molecule has 0 radical (unpaired) electrons. The van der Waals surface area contributed by atoms with Crippen LogP contribution in [0.5, 0.6) is 0 Å². The van der Waals surface area contributed by atoms with E-state index >= 15 is 0 Å². The highest BCUT2D eigenvalue weighted by molar-refractivity contribution is 5.94. The van der Waals surface area contributed by atoms with Gasteiger partial charge in [-0.2, -0.15) is 0 Å². The molecule has 0 amide bonds. The molecule has 0 fully saturated rings. The van der Waals surface area contributed by atoms with Crippen LogP contribution in [0.2, 0.25) is 0 Å². The molecule has 7 heteroatoms. The Morgan fingerprint density at radius 2 is 2.25 bits per heavy atom. The van der Waals surface area contributed by atoms with Crippen LogP contribution in [0, 0.1) is 10.1 Å². The van der Waals surface area contributed by atoms with Crippen molar-refractivity contribution in [2.24, 2.45) is 0 Å². The van der Waals surface area contributed by atoms with Gasteiger partial charge in [0.1, 0.15) is 11.4 Å². The number of nitro groups is 1. The van der Waals surface area contributed by atoms with Crippen molar-refractivity contribution in [2.75, 3.05) is 0 Å². The first-order valence-electron chi connectivity index (χ1n) is 6.04. The molecule has 0 bridgehead atoms. The number of carboxylic acid groups (broad SMARTS) is 1. The normalized spacial score (nSPS) is 10.4. The number of hydrogen-bond acceptors (Lipinski definition) is 4. The molecule has 104 valence electrons. The molecule has 0 aliphatic carbocycles. The number of carbonyl (C=O) groups is 1. The number of nitrogens with zero attached hydrogens (tertiary/aromatic N) is 3. The third kappa shape index (κ3) is 2.51. The lowest BCUT2D eigenvalue weighted by Crippen LogP contribution is -2.11. The predicted octanol–water partition coefficient (Wildman–Crippen LogP) is 2.10. The summed E-state index contributed by atoms with van der Waals surface area (Å²) in [5, 5.41) is 20.1. The summed E-state index contributed by atoms with van der Waals surface area (Å²) in [7, 11) is 0. The lowest BCUT2D eigenvalue weighted by molar-refractivity contribution is -0.385. The van der Waals surface area contributed by atoms with Crippen LogP contribution in [0.4, 0.5) is 5.69 Å². The smallest absolute Gasteiger partial charge is 0.343 e. The molecule has 1 heterocycles.